The van der Waals surface area contributed by atoms with Crippen molar-refractivity contribution >= 4 is 0 Å². The molecule has 1 unspecified atom stereocenters. The number of hydrogen-bond donors (Lipinski definition) is 2. The second-order valence-electron chi connectivity index (χ2n) is 5.62. The van der Waals surface area contributed by atoms with Crippen molar-refractivity contribution < 1.29 is 10.2 Å². The molecule has 2 heteroatoms. The molecule has 102 valence electrons. The fourth-order valence-corrected chi connectivity index (χ4v) is 3.36. The quantitative estimate of drug-likeness (QED) is 0.806. The summed E-state index contributed by atoms with van der Waals surface area (Å²) in [6, 6.07) is 0. The number of allylic oxidation sites excluding steroid dienone is 3. The molecule has 2 nitrogen and oxygen atoms in total. The maximum absolute atomic E-state index is 9.69. The average molecular weight is 250 g/mol. The smallest absolute Gasteiger partial charge is 0.0651 e. The van der Waals surface area contributed by atoms with Crippen LogP contribution in [0.15, 0.2) is 22.8 Å². The highest BCUT2D eigenvalue weighted by atomic mass is 16.3. The summed E-state index contributed by atoms with van der Waals surface area (Å²) in [5.74, 6) is 0.191. The van der Waals surface area contributed by atoms with Crippen LogP contribution in [0, 0.1) is 5.92 Å². The van der Waals surface area contributed by atoms with E-state index in [2.05, 4.69) is 6.08 Å². The minimum atomic E-state index is 0.123. The molecule has 0 aromatic carbocycles. The van der Waals surface area contributed by atoms with Crippen molar-refractivity contribution in [3.05, 3.63) is 22.8 Å². The van der Waals surface area contributed by atoms with Crippen LogP contribution >= 0.6 is 0 Å². The first-order chi connectivity index (χ1) is 8.86. The Morgan fingerprint density at radius 2 is 1.83 bits per heavy atom. The van der Waals surface area contributed by atoms with E-state index in [0.29, 0.717) is 0 Å². The minimum absolute atomic E-state index is 0.123. The van der Waals surface area contributed by atoms with Crippen molar-refractivity contribution in [1.29, 1.82) is 0 Å². The van der Waals surface area contributed by atoms with Gasteiger partial charge in [0.25, 0.3) is 0 Å². The molecule has 2 N–H and O–H groups in total. The standard InChI is InChI=1S/C16H26O2/c17-11-14-9-5-6-10-15(16(14)12-18)13-7-3-1-2-4-8-13/h7,14,17-18H,1-6,8-12H2. The van der Waals surface area contributed by atoms with Gasteiger partial charge < -0.3 is 10.2 Å². The van der Waals surface area contributed by atoms with Gasteiger partial charge in [0.15, 0.2) is 0 Å². The molecule has 0 aromatic rings. The van der Waals surface area contributed by atoms with Gasteiger partial charge in [-0.05, 0) is 61.7 Å². The van der Waals surface area contributed by atoms with Crippen molar-refractivity contribution in [1.82, 2.24) is 0 Å². The Hall–Kier alpha value is -0.600. The molecule has 2 rings (SSSR count). The molecule has 0 spiro atoms. The maximum atomic E-state index is 9.69. The third-order valence-corrected chi connectivity index (χ3v) is 4.43. The van der Waals surface area contributed by atoms with E-state index < -0.39 is 0 Å². The monoisotopic (exact) mass is 250 g/mol. The van der Waals surface area contributed by atoms with Gasteiger partial charge in [0.05, 0.1) is 6.61 Å². The van der Waals surface area contributed by atoms with Crippen molar-refractivity contribution in [3.8, 4) is 0 Å². The van der Waals surface area contributed by atoms with E-state index >= 15 is 0 Å². The fourth-order valence-electron chi connectivity index (χ4n) is 3.36. The summed E-state index contributed by atoms with van der Waals surface area (Å²) in [6.45, 7) is 0.310. The van der Waals surface area contributed by atoms with Crippen LogP contribution in [0.1, 0.15) is 57.8 Å². The van der Waals surface area contributed by atoms with Gasteiger partial charge in [0.1, 0.15) is 0 Å². The number of hydrogen-bond acceptors (Lipinski definition) is 2. The van der Waals surface area contributed by atoms with Crippen LogP contribution in [0.5, 0.6) is 0 Å². The largest absolute Gasteiger partial charge is 0.396 e. The molecule has 0 saturated heterocycles. The normalized spacial score (nSPS) is 26.6. The first-order valence-electron chi connectivity index (χ1n) is 7.50. The number of rotatable bonds is 3. The van der Waals surface area contributed by atoms with Gasteiger partial charge in [0.2, 0.25) is 0 Å². The first-order valence-corrected chi connectivity index (χ1v) is 7.50. The van der Waals surface area contributed by atoms with Crippen molar-refractivity contribution in [2.45, 2.75) is 57.8 Å². The summed E-state index contributed by atoms with van der Waals surface area (Å²) in [5, 5.41) is 19.2. The van der Waals surface area contributed by atoms with E-state index in [9.17, 15) is 10.2 Å². The summed E-state index contributed by atoms with van der Waals surface area (Å²) in [6.07, 6.45) is 13.1. The summed E-state index contributed by atoms with van der Waals surface area (Å²) in [4.78, 5) is 0. The van der Waals surface area contributed by atoms with Gasteiger partial charge in [-0.3, -0.25) is 0 Å². The molecule has 0 heterocycles. The number of aliphatic hydroxyl groups excluding tert-OH is 2. The molecule has 0 amide bonds. The van der Waals surface area contributed by atoms with E-state index in [-0.39, 0.29) is 19.1 Å². The zero-order valence-electron chi connectivity index (χ0n) is 11.3. The second kappa shape index (κ2) is 7.10. The zero-order chi connectivity index (χ0) is 12.8. The van der Waals surface area contributed by atoms with Crippen LogP contribution in [0.25, 0.3) is 0 Å². The van der Waals surface area contributed by atoms with Gasteiger partial charge >= 0.3 is 0 Å². The van der Waals surface area contributed by atoms with Crippen molar-refractivity contribution in [3.63, 3.8) is 0 Å². The van der Waals surface area contributed by atoms with E-state index in [0.717, 1.165) is 24.8 Å². The summed E-state index contributed by atoms with van der Waals surface area (Å²) in [5.41, 5.74) is 3.98. The Morgan fingerprint density at radius 3 is 2.61 bits per heavy atom. The minimum Gasteiger partial charge on any atom is -0.396 e. The van der Waals surface area contributed by atoms with E-state index in [1.165, 1.54) is 49.7 Å². The van der Waals surface area contributed by atoms with Gasteiger partial charge in [-0.2, -0.15) is 0 Å². The molecule has 0 aliphatic heterocycles. The lowest BCUT2D eigenvalue weighted by Gasteiger charge is -2.20. The maximum Gasteiger partial charge on any atom is 0.0651 e. The fraction of sp³-hybridized carbons (Fsp3) is 0.750. The van der Waals surface area contributed by atoms with Gasteiger partial charge in [-0.25, -0.2) is 0 Å². The van der Waals surface area contributed by atoms with E-state index in [4.69, 9.17) is 0 Å². The molecule has 0 aromatic heterocycles. The van der Waals surface area contributed by atoms with Gasteiger partial charge in [-0.15, -0.1) is 0 Å². The van der Waals surface area contributed by atoms with Crippen LogP contribution in [-0.4, -0.2) is 23.4 Å². The third kappa shape index (κ3) is 3.24. The van der Waals surface area contributed by atoms with Gasteiger partial charge in [-0.1, -0.05) is 18.9 Å². The van der Waals surface area contributed by atoms with Crippen LogP contribution in [0.4, 0.5) is 0 Å². The molecule has 0 radical (unpaired) electrons. The van der Waals surface area contributed by atoms with Crippen LogP contribution < -0.4 is 0 Å². The molecule has 0 saturated carbocycles. The van der Waals surface area contributed by atoms with Crippen LogP contribution in [0.3, 0.4) is 0 Å². The molecule has 1 atom stereocenters. The Bertz CT molecular complexity index is 328. The van der Waals surface area contributed by atoms with Gasteiger partial charge in [0, 0.05) is 12.5 Å². The Kier molecular flexibility index (Phi) is 5.45. The lowest BCUT2D eigenvalue weighted by Crippen LogP contribution is -2.14. The zero-order valence-corrected chi connectivity index (χ0v) is 11.3. The highest BCUT2D eigenvalue weighted by Gasteiger charge is 2.22. The Balaban J connectivity index is 2.28. The highest BCUT2D eigenvalue weighted by molar-refractivity contribution is 5.38. The molecule has 0 bridgehead atoms. The van der Waals surface area contributed by atoms with Crippen LogP contribution in [-0.2, 0) is 0 Å². The Morgan fingerprint density at radius 1 is 1.00 bits per heavy atom. The average Bonchev–Trinajstić information content (AvgIpc) is 2.78. The molecular weight excluding hydrogens is 224 g/mol. The summed E-state index contributed by atoms with van der Waals surface area (Å²) >= 11 is 0. The van der Waals surface area contributed by atoms with Crippen molar-refractivity contribution in [2.75, 3.05) is 13.2 Å². The first kappa shape index (κ1) is 13.8. The lowest BCUT2D eigenvalue weighted by molar-refractivity contribution is 0.220. The van der Waals surface area contributed by atoms with E-state index in [1.54, 1.807) is 0 Å². The predicted molar refractivity (Wildman–Crippen MR) is 74.3 cm³/mol. The molecule has 18 heavy (non-hydrogen) atoms. The lowest BCUT2D eigenvalue weighted by atomic mass is 9.88. The molecule has 2 aliphatic carbocycles. The van der Waals surface area contributed by atoms with Crippen molar-refractivity contribution in [2.24, 2.45) is 5.92 Å². The van der Waals surface area contributed by atoms with Crippen LogP contribution in [0.2, 0.25) is 0 Å². The second-order valence-corrected chi connectivity index (χ2v) is 5.62. The molecule has 0 fully saturated rings. The SMILES string of the molecule is OCC1=C(C2=CCCCCC2)CCCCC1CO. The highest BCUT2D eigenvalue weighted by Crippen LogP contribution is 2.35. The topological polar surface area (TPSA) is 40.5 Å². The summed E-state index contributed by atoms with van der Waals surface area (Å²) < 4.78 is 0. The Labute approximate surface area is 110 Å². The molecular formula is C16H26O2. The number of aliphatic hydroxyl groups is 2. The third-order valence-electron chi connectivity index (χ3n) is 4.43. The predicted octanol–water partition coefficient (Wildman–Crippen LogP) is 3.35. The summed E-state index contributed by atoms with van der Waals surface area (Å²) in [7, 11) is 0. The van der Waals surface area contributed by atoms with E-state index in [1.807, 2.05) is 0 Å². The molecule has 2 aliphatic rings.